The van der Waals surface area contributed by atoms with Gasteiger partial charge in [-0.3, -0.25) is 0 Å². The Morgan fingerprint density at radius 3 is 2.88 bits per heavy atom. The average molecular weight is 252 g/mol. The summed E-state index contributed by atoms with van der Waals surface area (Å²) in [6.45, 7) is 5.85. The lowest BCUT2D eigenvalue weighted by Crippen LogP contribution is -2.35. The standard InChI is InChI=1S/C13H20N2OS/c1-12-5-8-14(9-6-12)10-11-17-13-4-2-3-7-15(13)16/h2-4,7,12H,5-6,8-11H2,1H3. The normalized spacial score (nSPS) is 18.4. The lowest BCUT2D eigenvalue weighted by atomic mass is 9.99. The minimum absolute atomic E-state index is 0.804. The molecule has 0 unspecified atom stereocenters. The van der Waals surface area contributed by atoms with Gasteiger partial charge < -0.3 is 10.1 Å². The molecule has 2 rings (SSSR count). The van der Waals surface area contributed by atoms with Crippen LogP contribution in [0.5, 0.6) is 0 Å². The van der Waals surface area contributed by atoms with Crippen LogP contribution in [0.1, 0.15) is 19.8 Å². The van der Waals surface area contributed by atoms with Crippen LogP contribution >= 0.6 is 11.8 Å². The number of hydrogen-bond donors (Lipinski definition) is 0. The van der Waals surface area contributed by atoms with Gasteiger partial charge in [-0.1, -0.05) is 18.7 Å². The van der Waals surface area contributed by atoms with Crippen molar-refractivity contribution in [3.05, 3.63) is 29.6 Å². The molecule has 0 N–H and O–H groups in total. The smallest absolute Gasteiger partial charge is 0.251 e. The van der Waals surface area contributed by atoms with Crippen LogP contribution in [0.25, 0.3) is 0 Å². The van der Waals surface area contributed by atoms with E-state index in [0.717, 1.165) is 28.0 Å². The highest BCUT2D eigenvalue weighted by atomic mass is 32.2. The van der Waals surface area contributed by atoms with Gasteiger partial charge in [0.25, 0.3) is 5.03 Å². The first kappa shape index (κ1) is 12.7. The average Bonchev–Trinajstić information content (AvgIpc) is 2.34. The Morgan fingerprint density at radius 1 is 1.41 bits per heavy atom. The van der Waals surface area contributed by atoms with E-state index < -0.39 is 0 Å². The van der Waals surface area contributed by atoms with Crippen molar-refractivity contribution in [3.8, 4) is 0 Å². The number of piperidine rings is 1. The molecule has 1 aromatic heterocycles. The SMILES string of the molecule is CC1CCN(CCSc2cccc[n+]2[O-])CC1. The summed E-state index contributed by atoms with van der Waals surface area (Å²) >= 11 is 1.65. The molecule has 0 aromatic carbocycles. The number of pyridine rings is 1. The Morgan fingerprint density at radius 2 is 2.18 bits per heavy atom. The first-order chi connectivity index (χ1) is 8.25. The van der Waals surface area contributed by atoms with Crippen molar-refractivity contribution in [1.29, 1.82) is 0 Å². The summed E-state index contributed by atoms with van der Waals surface area (Å²) < 4.78 is 0.947. The molecular weight excluding hydrogens is 232 g/mol. The second-order valence-electron chi connectivity index (χ2n) is 4.74. The molecule has 1 fully saturated rings. The van der Waals surface area contributed by atoms with Crippen molar-refractivity contribution in [2.45, 2.75) is 24.8 Å². The number of nitrogens with zero attached hydrogens (tertiary/aromatic N) is 2. The van der Waals surface area contributed by atoms with Crippen LogP contribution in [0.4, 0.5) is 0 Å². The molecule has 1 saturated heterocycles. The fraction of sp³-hybridized carbons (Fsp3) is 0.615. The van der Waals surface area contributed by atoms with Crippen LogP contribution in [-0.4, -0.2) is 30.3 Å². The van der Waals surface area contributed by atoms with Gasteiger partial charge in [0.05, 0.1) is 0 Å². The molecule has 3 nitrogen and oxygen atoms in total. The first-order valence-electron chi connectivity index (χ1n) is 6.29. The van der Waals surface area contributed by atoms with Gasteiger partial charge in [0.2, 0.25) is 0 Å². The van der Waals surface area contributed by atoms with E-state index in [-0.39, 0.29) is 0 Å². The zero-order chi connectivity index (χ0) is 12.1. The van der Waals surface area contributed by atoms with Crippen molar-refractivity contribution < 1.29 is 4.73 Å². The maximum Gasteiger partial charge on any atom is 0.251 e. The van der Waals surface area contributed by atoms with Crippen molar-refractivity contribution in [2.24, 2.45) is 5.92 Å². The summed E-state index contributed by atoms with van der Waals surface area (Å²) in [4.78, 5) is 2.51. The molecule has 17 heavy (non-hydrogen) atoms. The van der Waals surface area contributed by atoms with E-state index in [1.54, 1.807) is 24.0 Å². The molecule has 1 aliphatic rings. The van der Waals surface area contributed by atoms with Crippen LogP contribution in [0.15, 0.2) is 29.4 Å². The highest BCUT2D eigenvalue weighted by Gasteiger charge is 2.15. The fourth-order valence-corrected chi connectivity index (χ4v) is 3.01. The molecule has 0 bridgehead atoms. The maximum atomic E-state index is 11.4. The van der Waals surface area contributed by atoms with Crippen LogP contribution in [-0.2, 0) is 0 Å². The minimum atomic E-state index is 0.804. The Kier molecular flexibility index (Phi) is 4.68. The second-order valence-corrected chi connectivity index (χ2v) is 5.85. The molecule has 0 radical (unpaired) electrons. The lowest BCUT2D eigenvalue weighted by Gasteiger charge is -2.29. The molecule has 0 saturated carbocycles. The van der Waals surface area contributed by atoms with Gasteiger partial charge in [-0.2, -0.15) is 4.73 Å². The lowest BCUT2D eigenvalue weighted by molar-refractivity contribution is -0.645. The molecule has 1 aromatic rings. The van der Waals surface area contributed by atoms with E-state index in [2.05, 4.69) is 11.8 Å². The third-order valence-electron chi connectivity index (χ3n) is 3.32. The number of rotatable bonds is 4. The Bertz CT molecular complexity index is 351. The minimum Gasteiger partial charge on any atom is -0.618 e. The van der Waals surface area contributed by atoms with Crippen molar-refractivity contribution >= 4 is 11.8 Å². The van der Waals surface area contributed by atoms with E-state index in [4.69, 9.17) is 0 Å². The molecule has 0 spiro atoms. The van der Waals surface area contributed by atoms with Gasteiger partial charge in [0.1, 0.15) is 0 Å². The van der Waals surface area contributed by atoms with Crippen LogP contribution in [0.2, 0.25) is 0 Å². The van der Waals surface area contributed by atoms with E-state index in [1.807, 2.05) is 12.1 Å². The molecule has 0 amide bonds. The second kappa shape index (κ2) is 6.26. The van der Waals surface area contributed by atoms with Gasteiger partial charge in [-0.15, -0.1) is 0 Å². The Labute approximate surface area is 107 Å². The highest BCUT2D eigenvalue weighted by Crippen LogP contribution is 2.18. The predicted molar refractivity (Wildman–Crippen MR) is 71.0 cm³/mol. The molecule has 0 aliphatic carbocycles. The van der Waals surface area contributed by atoms with E-state index >= 15 is 0 Å². The van der Waals surface area contributed by atoms with Gasteiger partial charge in [0.15, 0.2) is 6.20 Å². The summed E-state index contributed by atoms with van der Waals surface area (Å²) in [5, 5.41) is 12.2. The number of thioether (sulfide) groups is 1. The summed E-state index contributed by atoms with van der Waals surface area (Å²) in [5.41, 5.74) is 0. The van der Waals surface area contributed by atoms with E-state index in [9.17, 15) is 5.21 Å². The summed E-state index contributed by atoms with van der Waals surface area (Å²) in [5.74, 6) is 1.89. The summed E-state index contributed by atoms with van der Waals surface area (Å²) in [7, 11) is 0. The number of hydrogen-bond acceptors (Lipinski definition) is 3. The van der Waals surface area contributed by atoms with Crippen molar-refractivity contribution in [1.82, 2.24) is 4.90 Å². The van der Waals surface area contributed by atoms with E-state index in [1.165, 1.54) is 25.9 Å². The quantitative estimate of drug-likeness (QED) is 0.467. The zero-order valence-electron chi connectivity index (χ0n) is 10.3. The Hall–Kier alpha value is -0.740. The number of aromatic nitrogens is 1. The third kappa shape index (κ3) is 3.89. The first-order valence-corrected chi connectivity index (χ1v) is 7.27. The molecule has 94 valence electrons. The Balaban J connectivity index is 1.71. The van der Waals surface area contributed by atoms with E-state index in [0.29, 0.717) is 0 Å². The zero-order valence-corrected chi connectivity index (χ0v) is 11.2. The molecule has 1 aliphatic heterocycles. The maximum absolute atomic E-state index is 11.4. The third-order valence-corrected chi connectivity index (χ3v) is 4.32. The van der Waals surface area contributed by atoms with Crippen molar-refractivity contribution in [3.63, 3.8) is 0 Å². The summed E-state index contributed by atoms with van der Waals surface area (Å²) in [6, 6.07) is 5.57. The van der Waals surface area contributed by atoms with Gasteiger partial charge in [-0.05, 0) is 37.9 Å². The molecule has 4 heteroatoms. The highest BCUT2D eigenvalue weighted by molar-refractivity contribution is 7.99. The van der Waals surface area contributed by atoms with Gasteiger partial charge in [0, 0.05) is 24.4 Å². The van der Waals surface area contributed by atoms with Crippen molar-refractivity contribution in [2.75, 3.05) is 25.4 Å². The fourth-order valence-electron chi connectivity index (χ4n) is 2.09. The van der Waals surface area contributed by atoms with Crippen LogP contribution in [0, 0.1) is 11.1 Å². The molecule has 2 heterocycles. The van der Waals surface area contributed by atoms with Crippen LogP contribution in [0.3, 0.4) is 0 Å². The van der Waals surface area contributed by atoms with Crippen LogP contribution < -0.4 is 4.73 Å². The monoisotopic (exact) mass is 252 g/mol. The molecule has 0 atom stereocenters. The van der Waals surface area contributed by atoms with Gasteiger partial charge >= 0.3 is 0 Å². The molecular formula is C13H20N2OS. The topological polar surface area (TPSA) is 30.2 Å². The summed E-state index contributed by atoms with van der Waals surface area (Å²) in [6.07, 6.45) is 4.19. The van der Waals surface area contributed by atoms with Gasteiger partial charge in [-0.25, -0.2) is 0 Å². The predicted octanol–water partition coefficient (Wildman–Crippen LogP) is 2.14. The largest absolute Gasteiger partial charge is 0.618 e. The number of likely N-dealkylation sites (tertiary alicyclic amines) is 1.